The Morgan fingerprint density at radius 3 is 2.65 bits per heavy atom. The van der Waals surface area contributed by atoms with Crippen LogP contribution in [0, 0.1) is 13.8 Å². The lowest BCUT2D eigenvalue weighted by molar-refractivity contribution is -0.655. The van der Waals surface area contributed by atoms with Gasteiger partial charge in [0.15, 0.2) is 0 Å². The first kappa shape index (κ1) is 14.0. The van der Waals surface area contributed by atoms with Crippen molar-refractivity contribution in [3.05, 3.63) is 29.3 Å². The minimum Gasteiger partial charge on any atom is -0.493 e. The van der Waals surface area contributed by atoms with E-state index in [1.54, 1.807) is 0 Å². The normalized spacial score (nSPS) is 10.5. The highest BCUT2D eigenvalue weighted by Gasteiger charge is 2.01. The summed E-state index contributed by atoms with van der Waals surface area (Å²) in [7, 11) is 0. The SMILES string of the molecule is CCCC[NH2+]CCCOc1cccc(C)c1C. The summed E-state index contributed by atoms with van der Waals surface area (Å²) in [6.45, 7) is 9.73. The van der Waals surface area contributed by atoms with Crippen LogP contribution >= 0.6 is 0 Å². The van der Waals surface area contributed by atoms with Crippen LogP contribution in [0.25, 0.3) is 0 Å². The molecule has 0 amide bonds. The van der Waals surface area contributed by atoms with E-state index < -0.39 is 0 Å². The summed E-state index contributed by atoms with van der Waals surface area (Å²) >= 11 is 0. The molecule has 0 atom stereocenters. The molecule has 17 heavy (non-hydrogen) atoms. The first-order valence-electron chi connectivity index (χ1n) is 6.76. The van der Waals surface area contributed by atoms with Crippen molar-refractivity contribution in [3.63, 3.8) is 0 Å². The Morgan fingerprint density at radius 2 is 1.88 bits per heavy atom. The number of benzene rings is 1. The van der Waals surface area contributed by atoms with Gasteiger partial charge in [0.1, 0.15) is 5.75 Å². The predicted molar refractivity (Wildman–Crippen MR) is 72.6 cm³/mol. The van der Waals surface area contributed by atoms with Crippen molar-refractivity contribution in [3.8, 4) is 5.75 Å². The molecule has 0 aliphatic rings. The van der Waals surface area contributed by atoms with Crippen LogP contribution in [0.1, 0.15) is 37.3 Å². The average molecular weight is 236 g/mol. The van der Waals surface area contributed by atoms with Crippen LogP contribution in [-0.2, 0) is 0 Å². The van der Waals surface area contributed by atoms with Gasteiger partial charge < -0.3 is 10.1 Å². The van der Waals surface area contributed by atoms with Gasteiger partial charge in [-0.3, -0.25) is 0 Å². The van der Waals surface area contributed by atoms with E-state index in [1.165, 1.54) is 37.1 Å². The van der Waals surface area contributed by atoms with Gasteiger partial charge in [0.05, 0.1) is 19.7 Å². The van der Waals surface area contributed by atoms with Gasteiger partial charge in [-0.25, -0.2) is 0 Å². The van der Waals surface area contributed by atoms with Gasteiger partial charge >= 0.3 is 0 Å². The van der Waals surface area contributed by atoms with E-state index in [4.69, 9.17) is 4.74 Å². The number of aryl methyl sites for hydroxylation is 1. The number of rotatable bonds is 8. The van der Waals surface area contributed by atoms with Crippen LogP contribution in [0.4, 0.5) is 0 Å². The highest BCUT2D eigenvalue weighted by molar-refractivity contribution is 5.38. The van der Waals surface area contributed by atoms with Gasteiger partial charge in [0, 0.05) is 6.42 Å². The predicted octanol–water partition coefficient (Wildman–Crippen LogP) is 2.44. The van der Waals surface area contributed by atoms with Gasteiger partial charge in [-0.1, -0.05) is 25.5 Å². The molecule has 0 saturated heterocycles. The summed E-state index contributed by atoms with van der Waals surface area (Å²) < 4.78 is 5.80. The number of quaternary nitrogens is 1. The molecule has 2 N–H and O–H groups in total. The molecule has 0 heterocycles. The molecule has 96 valence electrons. The summed E-state index contributed by atoms with van der Waals surface area (Å²) in [6.07, 6.45) is 3.73. The van der Waals surface area contributed by atoms with Crippen molar-refractivity contribution in [1.29, 1.82) is 0 Å². The van der Waals surface area contributed by atoms with E-state index in [2.05, 4.69) is 44.3 Å². The van der Waals surface area contributed by atoms with Crippen molar-refractivity contribution in [2.75, 3.05) is 19.7 Å². The third-order valence-corrected chi connectivity index (χ3v) is 3.13. The second kappa shape index (κ2) is 8.13. The standard InChI is InChI=1S/C15H25NO/c1-4-5-10-16-11-7-12-17-15-9-6-8-13(2)14(15)3/h6,8-9,16H,4-5,7,10-12H2,1-3H3/p+1. The van der Waals surface area contributed by atoms with Crippen molar-refractivity contribution in [1.82, 2.24) is 0 Å². The molecule has 0 unspecified atom stereocenters. The number of hydrogen-bond acceptors (Lipinski definition) is 1. The van der Waals surface area contributed by atoms with Crippen LogP contribution in [0.3, 0.4) is 0 Å². The van der Waals surface area contributed by atoms with E-state index in [0.29, 0.717) is 0 Å². The topological polar surface area (TPSA) is 25.8 Å². The van der Waals surface area contributed by atoms with Crippen molar-refractivity contribution in [2.45, 2.75) is 40.0 Å². The molecule has 2 heteroatoms. The maximum Gasteiger partial charge on any atom is 0.122 e. The van der Waals surface area contributed by atoms with Gasteiger partial charge in [0.25, 0.3) is 0 Å². The molecule has 0 aliphatic heterocycles. The molecule has 0 aromatic heterocycles. The maximum absolute atomic E-state index is 5.80. The Labute approximate surface area is 105 Å². The van der Waals surface area contributed by atoms with E-state index in [0.717, 1.165) is 18.8 Å². The Morgan fingerprint density at radius 1 is 1.12 bits per heavy atom. The number of hydrogen-bond donors (Lipinski definition) is 1. The fraction of sp³-hybridized carbons (Fsp3) is 0.600. The van der Waals surface area contributed by atoms with E-state index in [9.17, 15) is 0 Å². The smallest absolute Gasteiger partial charge is 0.122 e. The molecule has 0 spiro atoms. The molecule has 0 fully saturated rings. The van der Waals surface area contributed by atoms with Crippen LogP contribution in [0.2, 0.25) is 0 Å². The minimum absolute atomic E-state index is 0.826. The molecule has 1 rings (SSSR count). The van der Waals surface area contributed by atoms with E-state index in [-0.39, 0.29) is 0 Å². The quantitative estimate of drug-likeness (QED) is 0.689. The van der Waals surface area contributed by atoms with Crippen molar-refractivity contribution in [2.24, 2.45) is 0 Å². The van der Waals surface area contributed by atoms with Gasteiger partial charge in [-0.05, 0) is 37.5 Å². The lowest BCUT2D eigenvalue weighted by Crippen LogP contribution is -2.84. The molecule has 1 aromatic carbocycles. The monoisotopic (exact) mass is 236 g/mol. The summed E-state index contributed by atoms with van der Waals surface area (Å²) in [5, 5.41) is 2.38. The third kappa shape index (κ3) is 5.22. The van der Waals surface area contributed by atoms with Gasteiger partial charge in [-0.15, -0.1) is 0 Å². The number of unbranched alkanes of at least 4 members (excludes halogenated alkanes) is 1. The zero-order valence-electron chi connectivity index (χ0n) is 11.5. The minimum atomic E-state index is 0.826. The summed E-state index contributed by atoms with van der Waals surface area (Å²) in [6, 6.07) is 6.24. The number of ether oxygens (including phenoxy) is 1. The number of nitrogens with two attached hydrogens (primary N) is 1. The average Bonchev–Trinajstić information content (AvgIpc) is 2.33. The first-order valence-corrected chi connectivity index (χ1v) is 6.76. The summed E-state index contributed by atoms with van der Waals surface area (Å²) in [5.41, 5.74) is 2.57. The molecular weight excluding hydrogens is 210 g/mol. The van der Waals surface area contributed by atoms with Gasteiger partial charge in [0.2, 0.25) is 0 Å². The molecule has 2 nitrogen and oxygen atoms in total. The van der Waals surface area contributed by atoms with Gasteiger partial charge in [-0.2, -0.15) is 0 Å². The second-order valence-corrected chi connectivity index (χ2v) is 4.62. The summed E-state index contributed by atoms with van der Waals surface area (Å²) in [5.74, 6) is 1.04. The highest BCUT2D eigenvalue weighted by Crippen LogP contribution is 2.20. The molecule has 0 bridgehead atoms. The molecule has 1 aromatic rings. The molecule has 0 radical (unpaired) electrons. The first-order chi connectivity index (χ1) is 8.25. The maximum atomic E-state index is 5.80. The Kier molecular flexibility index (Phi) is 6.71. The Bertz CT molecular complexity index is 323. The van der Waals surface area contributed by atoms with Crippen LogP contribution in [-0.4, -0.2) is 19.7 Å². The van der Waals surface area contributed by atoms with E-state index in [1.807, 2.05) is 0 Å². The lowest BCUT2D eigenvalue weighted by Gasteiger charge is -2.10. The zero-order valence-corrected chi connectivity index (χ0v) is 11.5. The van der Waals surface area contributed by atoms with Crippen LogP contribution in [0.15, 0.2) is 18.2 Å². The summed E-state index contributed by atoms with van der Waals surface area (Å²) in [4.78, 5) is 0. The molecule has 0 aliphatic carbocycles. The van der Waals surface area contributed by atoms with Crippen molar-refractivity contribution < 1.29 is 10.1 Å². The Balaban J connectivity index is 2.16. The highest BCUT2D eigenvalue weighted by atomic mass is 16.5. The van der Waals surface area contributed by atoms with Crippen LogP contribution in [0.5, 0.6) is 5.75 Å². The molecule has 0 saturated carbocycles. The lowest BCUT2D eigenvalue weighted by atomic mass is 10.1. The second-order valence-electron chi connectivity index (χ2n) is 4.62. The van der Waals surface area contributed by atoms with Crippen molar-refractivity contribution >= 4 is 0 Å². The Hall–Kier alpha value is -1.02. The third-order valence-electron chi connectivity index (χ3n) is 3.13. The fourth-order valence-corrected chi connectivity index (χ4v) is 1.78. The zero-order chi connectivity index (χ0) is 12.5. The molecular formula is C15H26NO+. The van der Waals surface area contributed by atoms with Crippen LogP contribution < -0.4 is 10.1 Å². The fourth-order valence-electron chi connectivity index (χ4n) is 1.78. The largest absolute Gasteiger partial charge is 0.493 e. The van der Waals surface area contributed by atoms with E-state index >= 15 is 0 Å².